The second kappa shape index (κ2) is 13.2. The van der Waals surface area contributed by atoms with Crippen LogP contribution in [0.15, 0.2) is 24.3 Å². The highest BCUT2D eigenvalue weighted by molar-refractivity contribution is 7.96. The summed E-state index contributed by atoms with van der Waals surface area (Å²) in [4.78, 5) is 22.1. The van der Waals surface area contributed by atoms with Crippen LogP contribution >= 0.6 is 0 Å². The first kappa shape index (κ1) is 22.9. The first-order valence-electron chi connectivity index (χ1n) is 8.14. The molecule has 0 saturated carbocycles. The van der Waals surface area contributed by atoms with Crippen molar-refractivity contribution in [1.29, 1.82) is 0 Å². The van der Waals surface area contributed by atoms with Crippen LogP contribution in [-0.2, 0) is 15.6 Å². The molecule has 0 spiro atoms. The highest BCUT2D eigenvalue weighted by atomic mass is 79.9. The fraction of sp³-hybridized carbons (Fsp3) is 0.588. The Morgan fingerprint density at radius 1 is 1.08 bits per heavy atom. The van der Waals surface area contributed by atoms with Crippen LogP contribution in [0.5, 0.6) is 0 Å². The molecule has 0 heterocycles. The molecular weight excluding hydrogens is 394 g/mol. The highest BCUT2D eigenvalue weighted by Crippen LogP contribution is 2.13. The molecule has 0 radical (unpaired) electrons. The topological polar surface area (TPSA) is 69.4 Å². The third-order valence-electron chi connectivity index (χ3n) is 3.49. The summed E-state index contributed by atoms with van der Waals surface area (Å²) in [6.45, 7) is 4.80. The maximum absolute atomic E-state index is 11.9. The average molecular weight is 420 g/mol. The Labute approximate surface area is 157 Å². The lowest BCUT2D eigenvalue weighted by Gasteiger charge is -2.09. The van der Waals surface area contributed by atoms with Gasteiger partial charge in [-0.3, -0.25) is 10.1 Å². The van der Waals surface area contributed by atoms with E-state index in [0.717, 1.165) is 5.75 Å². The van der Waals surface area contributed by atoms with Crippen molar-refractivity contribution in [2.45, 2.75) is 39.5 Å². The number of ether oxygens (including phenoxy) is 1. The van der Waals surface area contributed by atoms with E-state index in [4.69, 9.17) is 4.74 Å². The Morgan fingerprint density at radius 2 is 1.62 bits per heavy atom. The van der Waals surface area contributed by atoms with Crippen molar-refractivity contribution in [2.24, 2.45) is 0 Å². The molecule has 0 amide bonds. The molecule has 0 aromatic heterocycles. The molecule has 0 bridgehead atoms. The molecule has 0 N–H and O–H groups in total. The number of carbonyl (C=O) groups is 1. The second-order valence-corrected chi connectivity index (χ2v) is 7.82. The summed E-state index contributed by atoms with van der Waals surface area (Å²) in [5.41, 5.74) is 0.333. The van der Waals surface area contributed by atoms with E-state index in [2.05, 4.69) is 13.8 Å². The Bertz CT molecular complexity index is 488. The summed E-state index contributed by atoms with van der Waals surface area (Å²) >= 11 is 0. The number of carbonyl (C=O) groups excluding carboxylic acids is 1. The number of unbranched alkanes of at least 4 members (excludes halogenated alkanes) is 2. The number of esters is 1. The molecule has 0 atom stereocenters. The van der Waals surface area contributed by atoms with Gasteiger partial charge in [0.15, 0.2) is 0 Å². The van der Waals surface area contributed by atoms with Gasteiger partial charge in [0.25, 0.3) is 5.69 Å². The van der Waals surface area contributed by atoms with Gasteiger partial charge in [-0.15, -0.1) is 0 Å². The number of nitrogens with zero attached hydrogens (tertiary/aromatic N) is 1. The fourth-order valence-electron chi connectivity index (χ4n) is 2.06. The summed E-state index contributed by atoms with van der Waals surface area (Å²) in [7, 11) is 0.327. The van der Waals surface area contributed by atoms with Crippen molar-refractivity contribution in [2.75, 3.05) is 23.9 Å². The highest BCUT2D eigenvalue weighted by Gasteiger charge is 2.18. The molecule has 0 aliphatic carbocycles. The van der Waals surface area contributed by atoms with E-state index in [1.807, 2.05) is 0 Å². The lowest BCUT2D eigenvalue weighted by atomic mass is 10.2. The van der Waals surface area contributed by atoms with Crippen LogP contribution in [0.2, 0.25) is 0 Å². The van der Waals surface area contributed by atoms with Crippen LogP contribution in [0.4, 0.5) is 5.69 Å². The van der Waals surface area contributed by atoms with Crippen molar-refractivity contribution in [1.82, 2.24) is 0 Å². The van der Waals surface area contributed by atoms with Crippen LogP contribution in [-0.4, -0.2) is 34.8 Å². The number of hydrogen-bond acceptors (Lipinski definition) is 4. The molecule has 7 heteroatoms. The van der Waals surface area contributed by atoms with Crippen LogP contribution in [0, 0.1) is 10.1 Å². The van der Waals surface area contributed by atoms with Gasteiger partial charge >= 0.3 is 5.97 Å². The third-order valence-corrected chi connectivity index (χ3v) is 5.97. The second-order valence-electron chi connectivity index (χ2n) is 5.37. The number of benzene rings is 1. The van der Waals surface area contributed by atoms with E-state index in [1.54, 1.807) is 0 Å². The van der Waals surface area contributed by atoms with Crippen molar-refractivity contribution in [3.05, 3.63) is 39.9 Å². The first-order valence-corrected chi connectivity index (χ1v) is 9.87. The molecule has 0 saturated heterocycles. The molecule has 1 aromatic rings. The van der Waals surface area contributed by atoms with E-state index in [1.165, 1.54) is 61.5 Å². The van der Waals surface area contributed by atoms with Gasteiger partial charge in [-0.1, -0.05) is 26.7 Å². The lowest BCUT2D eigenvalue weighted by molar-refractivity contribution is -0.384. The number of non-ortho nitro benzene ring substituents is 1. The summed E-state index contributed by atoms with van der Waals surface area (Å²) in [5, 5.41) is 10.6. The maximum atomic E-state index is 11.9. The molecule has 24 heavy (non-hydrogen) atoms. The zero-order chi connectivity index (χ0) is 17.1. The van der Waals surface area contributed by atoms with Gasteiger partial charge in [-0.2, -0.15) is 0 Å². The largest absolute Gasteiger partial charge is 1.00 e. The number of rotatable bonds is 11. The predicted molar refractivity (Wildman–Crippen MR) is 95.2 cm³/mol. The first-order chi connectivity index (χ1) is 11.1. The molecule has 0 aliphatic rings. The molecule has 0 unspecified atom stereocenters. The lowest BCUT2D eigenvalue weighted by Crippen LogP contribution is -3.00. The zero-order valence-corrected chi connectivity index (χ0v) is 16.7. The SMILES string of the molecule is CCCC[S+](CCCC)CCOC(=O)c1ccc([N+](=O)[O-])cc1.[Br-]. The Balaban J connectivity index is 0.00000529. The number of nitro groups is 1. The van der Waals surface area contributed by atoms with Gasteiger partial charge in [0.05, 0.1) is 10.5 Å². The monoisotopic (exact) mass is 419 g/mol. The average Bonchev–Trinajstić information content (AvgIpc) is 2.56. The van der Waals surface area contributed by atoms with E-state index < -0.39 is 10.9 Å². The molecule has 0 fully saturated rings. The van der Waals surface area contributed by atoms with E-state index in [9.17, 15) is 14.9 Å². The fourth-order valence-corrected chi connectivity index (χ4v) is 4.38. The van der Waals surface area contributed by atoms with Crippen LogP contribution < -0.4 is 17.0 Å². The molecule has 1 aromatic carbocycles. The summed E-state index contributed by atoms with van der Waals surface area (Å²) in [6, 6.07) is 5.52. The molecular formula is C17H26BrNO4S. The predicted octanol–water partition coefficient (Wildman–Crippen LogP) is 0.974. The molecule has 136 valence electrons. The van der Waals surface area contributed by atoms with Gasteiger partial charge in [-0.05, 0) is 35.9 Å². The molecule has 0 aliphatic heterocycles. The van der Waals surface area contributed by atoms with Crippen molar-refractivity contribution < 1.29 is 31.4 Å². The van der Waals surface area contributed by atoms with Crippen molar-refractivity contribution in [3.63, 3.8) is 0 Å². The number of hydrogen-bond donors (Lipinski definition) is 0. The van der Waals surface area contributed by atoms with Crippen LogP contribution in [0.1, 0.15) is 49.9 Å². The number of nitro benzene ring substituents is 1. The Hall–Kier alpha value is -1.08. The molecule has 5 nitrogen and oxygen atoms in total. The number of halogens is 1. The van der Waals surface area contributed by atoms with Gasteiger partial charge in [0.1, 0.15) is 23.9 Å². The van der Waals surface area contributed by atoms with Gasteiger partial charge in [-0.25, -0.2) is 4.79 Å². The van der Waals surface area contributed by atoms with E-state index in [0.29, 0.717) is 23.1 Å². The van der Waals surface area contributed by atoms with E-state index >= 15 is 0 Å². The van der Waals surface area contributed by atoms with Crippen LogP contribution in [0.3, 0.4) is 0 Å². The normalized spacial score (nSPS) is 10.3. The summed E-state index contributed by atoms with van der Waals surface area (Å²) in [6.07, 6.45) is 4.84. The van der Waals surface area contributed by atoms with Crippen molar-refractivity contribution >= 4 is 22.6 Å². The Morgan fingerprint density at radius 3 is 2.08 bits per heavy atom. The summed E-state index contributed by atoms with van der Waals surface area (Å²) in [5.74, 6) is 2.94. The van der Waals surface area contributed by atoms with Crippen LogP contribution in [0.25, 0.3) is 0 Å². The summed E-state index contributed by atoms with van der Waals surface area (Å²) < 4.78 is 5.32. The molecule has 1 rings (SSSR count). The Kier molecular flexibility index (Phi) is 12.6. The quantitative estimate of drug-likeness (QED) is 0.232. The van der Waals surface area contributed by atoms with Gasteiger partial charge in [0, 0.05) is 12.1 Å². The minimum Gasteiger partial charge on any atom is -1.00 e. The van der Waals surface area contributed by atoms with Crippen molar-refractivity contribution in [3.8, 4) is 0 Å². The van der Waals surface area contributed by atoms with E-state index in [-0.39, 0.29) is 22.7 Å². The van der Waals surface area contributed by atoms with Gasteiger partial charge in [0.2, 0.25) is 0 Å². The van der Waals surface area contributed by atoms with Gasteiger partial charge < -0.3 is 21.7 Å². The smallest absolute Gasteiger partial charge is 0.338 e. The maximum Gasteiger partial charge on any atom is 0.338 e. The third kappa shape index (κ3) is 8.68. The zero-order valence-electron chi connectivity index (χ0n) is 14.3. The minimum atomic E-state index is -0.484. The standard InChI is InChI=1S/C17H26NO4S.BrH/c1-3-5-12-23(13-6-4-2)14-11-22-17(19)15-7-9-16(10-8-15)18(20)21;/h7-10H,3-6,11-14H2,1-2H3;1H/q+1;/p-1. The minimum absolute atomic E-state index is 0.